The molecule has 0 saturated heterocycles. The van der Waals surface area contributed by atoms with Crippen LogP contribution in [-0.2, 0) is 16.1 Å². The fourth-order valence-electron chi connectivity index (χ4n) is 1.43. The molecule has 0 aromatic carbocycles. The van der Waals surface area contributed by atoms with Crippen LogP contribution < -0.4 is 5.32 Å². The number of rotatable bonds is 8. The van der Waals surface area contributed by atoms with Crippen molar-refractivity contribution in [2.75, 3.05) is 19.6 Å². The van der Waals surface area contributed by atoms with Gasteiger partial charge in [0.1, 0.15) is 13.1 Å². The third-order valence-electron chi connectivity index (χ3n) is 2.25. The van der Waals surface area contributed by atoms with Gasteiger partial charge in [-0.2, -0.15) is 0 Å². The van der Waals surface area contributed by atoms with Crippen molar-refractivity contribution in [3.63, 3.8) is 0 Å². The van der Waals surface area contributed by atoms with E-state index in [4.69, 9.17) is 10.2 Å². The van der Waals surface area contributed by atoms with Gasteiger partial charge in [-0.1, -0.05) is 5.21 Å². The highest BCUT2D eigenvalue weighted by molar-refractivity contribution is 5.84. The number of aromatic nitrogens is 3. The first-order chi connectivity index (χ1) is 9.49. The van der Waals surface area contributed by atoms with Crippen molar-refractivity contribution in [2.24, 2.45) is 0 Å². The quantitative estimate of drug-likeness (QED) is 0.512. The average Bonchev–Trinajstić information content (AvgIpc) is 2.85. The number of amides is 2. The van der Waals surface area contributed by atoms with E-state index in [1.165, 1.54) is 6.20 Å². The summed E-state index contributed by atoms with van der Waals surface area (Å²) in [5.41, 5.74) is 0. The number of nitrogens with one attached hydrogen (secondary N) is 1. The summed E-state index contributed by atoms with van der Waals surface area (Å²) in [6.07, 6.45) is 3.76. The number of urea groups is 1. The molecule has 0 unspecified atom stereocenters. The van der Waals surface area contributed by atoms with Crippen molar-refractivity contribution >= 4 is 18.0 Å². The van der Waals surface area contributed by atoms with Crippen LogP contribution in [0.2, 0.25) is 0 Å². The minimum atomic E-state index is -1.27. The zero-order chi connectivity index (χ0) is 15.0. The molecule has 1 heterocycles. The van der Waals surface area contributed by atoms with Crippen LogP contribution in [0.3, 0.4) is 0 Å². The van der Waals surface area contributed by atoms with Gasteiger partial charge in [-0.15, -0.1) is 5.10 Å². The predicted octanol–water partition coefficient (Wildman–Crippen LogP) is -1.15. The zero-order valence-electron chi connectivity index (χ0n) is 10.6. The normalized spacial score (nSPS) is 10.0. The molecule has 0 bridgehead atoms. The molecule has 0 spiro atoms. The molecule has 1 aromatic heterocycles. The Morgan fingerprint density at radius 1 is 1.20 bits per heavy atom. The maximum Gasteiger partial charge on any atom is 0.323 e. The van der Waals surface area contributed by atoms with E-state index >= 15 is 0 Å². The van der Waals surface area contributed by atoms with Crippen LogP contribution >= 0.6 is 0 Å². The second-order valence-corrected chi connectivity index (χ2v) is 3.90. The SMILES string of the molecule is O=C(O)CN(CC(=O)O)C(=O)NCCCn1ccnn1. The number of aliphatic carboxylic acids is 2. The molecule has 1 rings (SSSR count). The standard InChI is InChI=1S/C10H15N5O5/c16-8(17)6-14(7-9(18)19)10(20)11-2-1-4-15-5-3-12-13-15/h3,5H,1-2,4,6-7H2,(H,11,20)(H,16,17)(H,18,19). The molecule has 110 valence electrons. The molecular formula is C10H15N5O5. The number of carboxylic acid groups (broad SMARTS) is 2. The molecule has 0 aliphatic heterocycles. The lowest BCUT2D eigenvalue weighted by Gasteiger charge is -2.18. The summed E-state index contributed by atoms with van der Waals surface area (Å²) in [7, 11) is 0. The van der Waals surface area contributed by atoms with Crippen LogP contribution in [0.1, 0.15) is 6.42 Å². The Kier molecular flexibility index (Phi) is 5.94. The summed E-state index contributed by atoms with van der Waals surface area (Å²) < 4.78 is 1.58. The summed E-state index contributed by atoms with van der Waals surface area (Å²) in [4.78, 5) is 33.4. The number of carbonyl (C=O) groups is 3. The number of aryl methyl sites for hydroxylation is 1. The summed E-state index contributed by atoms with van der Waals surface area (Å²) in [6.45, 7) is -0.519. The number of hydrogen-bond acceptors (Lipinski definition) is 5. The zero-order valence-corrected chi connectivity index (χ0v) is 10.6. The van der Waals surface area contributed by atoms with Gasteiger partial charge in [-0.3, -0.25) is 14.3 Å². The maximum absolute atomic E-state index is 11.6. The van der Waals surface area contributed by atoms with Crippen molar-refractivity contribution in [2.45, 2.75) is 13.0 Å². The van der Waals surface area contributed by atoms with Crippen molar-refractivity contribution in [1.29, 1.82) is 0 Å². The van der Waals surface area contributed by atoms with Crippen LogP contribution in [0.25, 0.3) is 0 Å². The van der Waals surface area contributed by atoms with E-state index in [1.54, 1.807) is 10.9 Å². The highest BCUT2D eigenvalue weighted by Crippen LogP contribution is 1.92. The number of carboxylic acids is 2. The molecule has 0 aliphatic rings. The lowest BCUT2D eigenvalue weighted by atomic mass is 10.4. The number of hydrogen-bond donors (Lipinski definition) is 3. The first kappa shape index (κ1) is 15.4. The van der Waals surface area contributed by atoms with Crippen molar-refractivity contribution in [1.82, 2.24) is 25.2 Å². The van der Waals surface area contributed by atoms with E-state index in [9.17, 15) is 14.4 Å². The third kappa shape index (κ3) is 5.80. The van der Waals surface area contributed by atoms with Crippen LogP contribution in [0.4, 0.5) is 4.79 Å². The molecule has 0 aliphatic carbocycles. The fraction of sp³-hybridized carbons (Fsp3) is 0.500. The van der Waals surface area contributed by atoms with E-state index in [1.807, 2.05) is 0 Å². The van der Waals surface area contributed by atoms with Crippen molar-refractivity contribution in [3.8, 4) is 0 Å². The molecule has 0 fully saturated rings. The van der Waals surface area contributed by atoms with E-state index in [0.29, 0.717) is 17.9 Å². The number of nitrogens with zero attached hydrogens (tertiary/aromatic N) is 4. The number of carbonyl (C=O) groups excluding carboxylic acids is 1. The molecule has 2 amide bonds. The topological polar surface area (TPSA) is 138 Å². The van der Waals surface area contributed by atoms with Crippen LogP contribution in [0.15, 0.2) is 12.4 Å². The molecule has 0 saturated carbocycles. The Morgan fingerprint density at radius 2 is 1.85 bits per heavy atom. The van der Waals surface area contributed by atoms with Gasteiger partial charge in [0.25, 0.3) is 0 Å². The molecule has 1 aromatic rings. The minimum Gasteiger partial charge on any atom is -0.480 e. The molecule has 3 N–H and O–H groups in total. The summed E-state index contributed by atoms with van der Waals surface area (Å²) >= 11 is 0. The largest absolute Gasteiger partial charge is 0.480 e. The molecule has 0 atom stereocenters. The van der Waals surface area contributed by atoms with Gasteiger partial charge in [0.15, 0.2) is 0 Å². The lowest BCUT2D eigenvalue weighted by molar-refractivity contribution is -0.140. The van der Waals surface area contributed by atoms with Gasteiger partial charge in [0.05, 0.1) is 6.20 Å². The summed E-state index contributed by atoms with van der Waals surface area (Å²) in [5, 5.41) is 27.0. The first-order valence-electron chi connectivity index (χ1n) is 5.79. The maximum atomic E-state index is 11.6. The first-order valence-corrected chi connectivity index (χ1v) is 5.79. The van der Waals surface area contributed by atoms with Crippen LogP contribution in [0.5, 0.6) is 0 Å². The van der Waals surface area contributed by atoms with E-state index < -0.39 is 31.1 Å². The van der Waals surface area contributed by atoms with Gasteiger partial charge in [-0.05, 0) is 6.42 Å². The van der Waals surface area contributed by atoms with Crippen molar-refractivity contribution in [3.05, 3.63) is 12.4 Å². The molecule has 0 radical (unpaired) electrons. The van der Waals surface area contributed by atoms with E-state index in [0.717, 1.165) is 0 Å². The molecular weight excluding hydrogens is 270 g/mol. The molecule has 20 heavy (non-hydrogen) atoms. The fourth-order valence-corrected chi connectivity index (χ4v) is 1.43. The second-order valence-electron chi connectivity index (χ2n) is 3.90. The van der Waals surface area contributed by atoms with Crippen molar-refractivity contribution < 1.29 is 24.6 Å². The Hall–Kier alpha value is -2.65. The Bertz CT molecular complexity index is 445. The Labute approximate surface area is 114 Å². The van der Waals surface area contributed by atoms with E-state index in [2.05, 4.69) is 15.6 Å². The van der Waals surface area contributed by atoms with E-state index in [-0.39, 0.29) is 6.54 Å². The van der Waals surface area contributed by atoms with Gasteiger partial charge in [0.2, 0.25) is 0 Å². The Balaban J connectivity index is 2.33. The molecule has 10 nitrogen and oxygen atoms in total. The van der Waals surface area contributed by atoms with Gasteiger partial charge in [0, 0.05) is 19.3 Å². The smallest absolute Gasteiger partial charge is 0.323 e. The summed E-state index contributed by atoms with van der Waals surface area (Å²) in [6, 6.07) is -0.728. The van der Waals surface area contributed by atoms with Crippen LogP contribution in [0, 0.1) is 0 Å². The highest BCUT2D eigenvalue weighted by Gasteiger charge is 2.18. The summed E-state index contributed by atoms with van der Waals surface area (Å²) in [5.74, 6) is -2.55. The van der Waals surface area contributed by atoms with Gasteiger partial charge < -0.3 is 20.4 Å². The monoisotopic (exact) mass is 285 g/mol. The average molecular weight is 285 g/mol. The minimum absolute atomic E-state index is 0.272. The second kappa shape index (κ2) is 7.71. The Morgan fingerprint density at radius 3 is 2.35 bits per heavy atom. The van der Waals surface area contributed by atoms with Gasteiger partial charge >= 0.3 is 18.0 Å². The third-order valence-corrected chi connectivity index (χ3v) is 2.25. The lowest BCUT2D eigenvalue weighted by Crippen LogP contribution is -2.45. The van der Waals surface area contributed by atoms with Crippen LogP contribution in [-0.4, -0.2) is 67.7 Å². The molecule has 10 heteroatoms. The highest BCUT2D eigenvalue weighted by atomic mass is 16.4. The van der Waals surface area contributed by atoms with Gasteiger partial charge in [-0.25, -0.2) is 4.79 Å². The predicted molar refractivity (Wildman–Crippen MR) is 64.9 cm³/mol.